The molecule has 1 spiro atoms. The fourth-order valence-corrected chi connectivity index (χ4v) is 6.79. The number of ether oxygens (including phenoxy) is 1. The molecular formula is C32H38N4O4. The Hall–Kier alpha value is -3.83. The summed E-state index contributed by atoms with van der Waals surface area (Å²) >= 11 is 0. The van der Waals surface area contributed by atoms with Crippen molar-refractivity contribution in [3.63, 3.8) is 0 Å². The Kier molecular flexibility index (Phi) is 7.36. The van der Waals surface area contributed by atoms with E-state index in [9.17, 15) is 14.9 Å². The molecule has 0 radical (unpaired) electrons. The van der Waals surface area contributed by atoms with Gasteiger partial charge in [-0.3, -0.25) is 14.5 Å². The lowest BCUT2D eigenvalue weighted by Gasteiger charge is -2.53. The van der Waals surface area contributed by atoms with Crippen molar-refractivity contribution in [2.45, 2.75) is 71.0 Å². The average Bonchev–Trinajstić information content (AvgIpc) is 3.39. The Bertz CT molecular complexity index is 1460. The highest BCUT2D eigenvalue weighted by Crippen LogP contribution is 2.56. The molecule has 3 N–H and O–H groups in total. The van der Waals surface area contributed by atoms with E-state index in [-0.39, 0.29) is 29.7 Å². The van der Waals surface area contributed by atoms with Gasteiger partial charge in [0.15, 0.2) is 0 Å². The summed E-state index contributed by atoms with van der Waals surface area (Å²) in [5.41, 5.74) is 4.39. The van der Waals surface area contributed by atoms with E-state index in [4.69, 9.17) is 9.84 Å². The number of H-pyrrole nitrogens is 1. The highest BCUT2D eigenvalue weighted by molar-refractivity contribution is 5.95. The van der Waals surface area contributed by atoms with Crippen LogP contribution in [-0.2, 0) is 11.3 Å². The molecule has 2 aromatic carbocycles. The number of nitriles is 1. The summed E-state index contributed by atoms with van der Waals surface area (Å²) in [6.07, 6.45) is 5.74. The number of aryl methyl sites for hydroxylation is 1. The van der Waals surface area contributed by atoms with Crippen LogP contribution in [0.25, 0.3) is 10.9 Å². The number of carbonyl (C=O) groups is 2. The molecule has 1 saturated heterocycles. The summed E-state index contributed by atoms with van der Waals surface area (Å²) in [4.78, 5) is 29.9. The van der Waals surface area contributed by atoms with E-state index in [0.717, 1.165) is 66.7 Å². The number of nitrogens with zero attached hydrogens (tertiary/aromatic N) is 2. The molecule has 2 heterocycles. The maximum absolute atomic E-state index is 12.9. The zero-order valence-electron chi connectivity index (χ0n) is 23.7. The summed E-state index contributed by atoms with van der Waals surface area (Å²) in [6, 6.07) is 14.5. The number of fused-ring (bicyclic) bond motifs is 1. The van der Waals surface area contributed by atoms with E-state index in [1.54, 1.807) is 21.0 Å². The zero-order valence-corrected chi connectivity index (χ0v) is 23.7. The number of benzene rings is 2. The van der Waals surface area contributed by atoms with Crippen molar-refractivity contribution in [3.05, 3.63) is 64.8 Å². The molecule has 0 unspecified atom stereocenters. The first kappa shape index (κ1) is 27.7. The second-order valence-corrected chi connectivity index (χ2v) is 12.3. The lowest BCUT2D eigenvalue weighted by molar-refractivity contribution is -0.138. The minimum Gasteiger partial charge on any atom is -0.496 e. The maximum Gasteiger partial charge on any atom is 0.305 e. The number of nitrogens with one attached hydrogen (secondary N) is 2. The molecule has 1 aliphatic carbocycles. The van der Waals surface area contributed by atoms with E-state index in [0.29, 0.717) is 5.56 Å². The van der Waals surface area contributed by atoms with E-state index < -0.39 is 11.5 Å². The largest absolute Gasteiger partial charge is 0.496 e. The van der Waals surface area contributed by atoms with Gasteiger partial charge < -0.3 is 20.1 Å². The molecule has 1 aliphatic heterocycles. The van der Waals surface area contributed by atoms with Crippen molar-refractivity contribution in [1.29, 1.82) is 5.26 Å². The van der Waals surface area contributed by atoms with Gasteiger partial charge in [-0.2, -0.15) is 5.26 Å². The third-order valence-electron chi connectivity index (χ3n) is 8.83. The van der Waals surface area contributed by atoms with Gasteiger partial charge in [0.25, 0.3) is 5.91 Å². The highest BCUT2D eigenvalue weighted by Gasteiger charge is 2.49. The van der Waals surface area contributed by atoms with Crippen LogP contribution in [0.15, 0.2) is 42.6 Å². The fourth-order valence-electron chi connectivity index (χ4n) is 6.79. The molecule has 8 heteroatoms. The number of carbonyl (C=O) groups excluding carboxylic acids is 1. The number of piperidine rings is 1. The summed E-state index contributed by atoms with van der Waals surface area (Å²) in [5, 5.41) is 22.6. The molecule has 5 rings (SSSR count). The Balaban J connectivity index is 1.42. The van der Waals surface area contributed by atoms with Crippen LogP contribution in [0.5, 0.6) is 5.75 Å². The number of aliphatic carboxylic acids is 1. The first-order valence-electron chi connectivity index (χ1n) is 13.9. The zero-order chi connectivity index (χ0) is 28.7. The summed E-state index contributed by atoms with van der Waals surface area (Å²) < 4.78 is 5.84. The van der Waals surface area contributed by atoms with Gasteiger partial charge in [-0.1, -0.05) is 12.1 Å². The predicted molar refractivity (Wildman–Crippen MR) is 153 cm³/mol. The standard InChI is InChI=1S/C32H38N4O4/c1-20-13-27(40-4)25(24-9-11-34-29(20)24)19-36-12-10-32(14-21(15-32)18-33)16-26(36)22-5-7-23(8-6-22)30(39)35-31(2,3)17-28(37)38/h5-9,11,13,21,26,34H,10,12,14-17,19H2,1-4H3,(H,35,39)(H,37,38)/t21?,26-,32?/m0/s1. The van der Waals surface area contributed by atoms with Crippen LogP contribution >= 0.6 is 0 Å². The van der Waals surface area contributed by atoms with Crippen molar-refractivity contribution in [2.24, 2.45) is 11.3 Å². The maximum atomic E-state index is 12.9. The number of amides is 1. The lowest BCUT2D eigenvalue weighted by Crippen LogP contribution is -2.48. The smallest absolute Gasteiger partial charge is 0.305 e. The van der Waals surface area contributed by atoms with E-state index >= 15 is 0 Å². The van der Waals surface area contributed by atoms with Gasteiger partial charge >= 0.3 is 5.97 Å². The van der Waals surface area contributed by atoms with Gasteiger partial charge in [0.1, 0.15) is 5.75 Å². The SMILES string of the molecule is COc1cc(C)c2[nH]ccc2c1CN1CCC2(CC(C#N)C2)C[C@H]1c1ccc(C(=O)NC(C)(C)CC(=O)O)cc1. The Labute approximate surface area is 235 Å². The first-order chi connectivity index (χ1) is 19.0. The normalized spacial score (nSPS) is 23.0. The molecule has 40 heavy (non-hydrogen) atoms. The van der Waals surface area contributed by atoms with Gasteiger partial charge in [-0.05, 0) is 93.8 Å². The Morgan fingerprint density at radius 3 is 2.60 bits per heavy atom. The minimum absolute atomic E-state index is 0.133. The fraction of sp³-hybridized carbons (Fsp3) is 0.469. The molecule has 1 aromatic heterocycles. The van der Waals surface area contributed by atoms with Crippen LogP contribution < -0.4 is 10.1 Å². The molecule has 2 aliphatic rings. The summed E-state index contributed by atoms with van der Waals surface area (Å²) in [6.45, 7) is 7.14. The molecule has 1 amide bonds. The topological polar surface area (TPSA) is 118 Å². The Morgan fingerprint density at radius 2 is 1.95 bits per heavy atom. The van der Waals surface area contributed by atoms with E-state index in [1.807, 2.05) is 30.5 Å². The summed E-state index contributed by atoms with van der Waals surface area (Å²) in [7, 11) is 1.72. The third-order valence-corrected chi connectivity index (χ3v) is 8.83. The van der Waals surface area contributed by atoms with Crippen LogP contribution in [0.1, 0.15) is 79.0 Å². The lowest BCUT2D eigenvalue weighted by atomic mass is 9.56. The average molecular weight is 543 g/mol. The van der Waals surface area contributed by atoms with Gasteiger partial charge in [-0.25, -0.2) is 0 Å². The predicted octanol–water partition coefficient (Wildman–Crippen LogP) is 5.73. The quantitative estimate of drug-likeness (QED) is 0.335. The number of carboxylic acid groups (broad SMARTS) is 1. The molecule has 8 nitrogen and oxygen atoms in total. The van der Waals surface area contributed by atoms with Gasteiger partial charge in [0, 0.05) is 52.3 Å². The van der Waals surface area contributed by atoms with E-state index in [1.165, 1.54) is 5.39 Å². The van der Waals surface area contributed by atoms with Crippen molar-refractivity contribution >= 4 is 22.8 Å². The molecule has 1 atom stereocenters. The molecule has 3 aromatic rings. The molecular weight excluding hydrogens is 504 g/mol. The monoisotopic (exact) mass is 542 g/mol. The number of hydrogen-bond acceptors (Lipinski definition) is 5. The van der Waals surface area contributed by atoms with E-state index in [2.05, 4.69) is 40.3 Å². The number of aromatic nitrogens is 1. The van der Waals surface area contributed by atoms with Gasteiger partial charge in [0.2, 0.25) is 0 Å². The van der Waals surface area contributed by atoms with Gasteiger partial charge in [-0.15, -0.1) is 0 Å². The van der Waals surface area contributed by atoms with Gasteiger partial charge in [0.05, 0.1) is 19.6 Å². The van der Waals surface area contributed by atoms with Crippen LogP contribution in [0, 0.1) is 29.6 Å². The highest BCUT2D eigenvalue weighted by atomic mass is 16.5. The van der Waals surface area contributed by atoms with Crippen molar-refractivity contribution in [2.75, 3.05) is 13.7 Å². The first-order valence-corrected chi connectivity index (χ1v) is 13.9. The molecule has 2 fully saturated rings. The third kappa shape index (κ3) is 5.44. The number of methoxy groups -OCH3 is 1. The second kappa shape index (κ2) is 10.6. The van der Waals surface area contributed by atoms with Crippen molar-refractivity contribution in [3.8, 4) is 11.8 Å². The van der Waals surface area contributed by atoms with Crippen molar-refractivity contribution < 1.29 is 19.4 Å². The number of rotatable bonds is 8. The minimum atomic E-state index is -0.955. The number of aromatic amines is 1. The van der Waals surface area contributed by atoms with Crippen LogP contribution in [0.2, 0.25) is 0 Å². The summed E-state index contributed by atoms with van der Waals surface area (Å²) in [5.74, 6) is -0.217. The number of hydrogen-bond donors (Lipinski definition) is 3. The second-order valence-electron chi connectivity index (χ2n) is 12.3. The van der Waals surface area contributed by atoms with Crippen LogP contribution in [0.4, 0.5) is 0 Å². The van der Waals surface area contributed by atoms with Crippen molar-refractivity contribution in [1.82, 2.24) is 15.2 Å². The molecule has 1 saturated carbocycles. The Morgan fingerprint density at radius 1 is 1.23 bits per heavy atom. The molecule has 0 bridgehead atoms. The molecule has 210 valence electrons. The number of carboxylic acids is 1. The van der Waals surface area contributed by atoms with Crippen LogP contribution in [0.3, 0.4) is 0 Å². The number of likely N-dealkylation sites (tertiary alicyclic amines) is 1. The van der Waals surface area contributed by atoms with Crippen LogP contribution in [-0.4, -0.2) is 46.1 Å².